The van der Waals surface area contributed by atoms with E-state index < -0.39 is 27.9 Å². The predicted molar refractivity (Wildman–Crippen MR) is 111 cm³/mol. The average Bonchev–Trinajstić information content (AvgIpc) is 2.66. The van der Waals surface area contributed by atoms with Crippen LogP contribution >= 0.6 is 0 Å². The van der Waals surface area contributed by atoms with E-state index >= 15 is 0 Å². The van der Waals surface area contributed by atoms with Crippen LogP contribution in [0.3, 0.4) is 0 Å². The summed E-state index contributed by atoms with van der Waals surface area (Å²) in [5, 5.41) is 5.31. The van der Waals surface area contributed by atoms with Crippen molar-refractivity contribution in [2.45, 2.75) is 19.9 Å². The number of carbonyl (C=O) groups is 2. The van der Waals surface area contributed by atoms with Gasteiger partial charge in [0.15, 0.2) is 0 Å². The van der Waals surface area contributed by atoms with Gasteiger partial charge in [0.05, 0.1) is 36.7 Å². The summed E-state index contributed by atoms with van der Waals surface area (Å²) in [6.45, 7) is 3.74. The van der Waals surface area contributed by atoms with E-state index in [9.17, 15) is 18.0 Å². The molecule has 0 fully saturated rings. The van der Waals surface area contributed by atoms with E-state index in [2.05, 4.69) is 15.4 Å². The van der Waals surface area contributed by atoms with Crippen LogP contribution in [-0.4, -0.2) is 39.6 Å². The highest BCUT2D eigenvalue weighted by Crippen LogP contribution is 2.23. The van der Waals surface area contributed by atoms with Crippen molar-refractivity contribution in [3.05, 3.63) is 59.7 Å². The molecule has 156 valence electrons. The van der Waals surface area contributed by atoms with Gasteiger partial charge >= 0.3 is 0 Å². The number of nitrogens with one attached hydrogen (secondary N) is 3. The maximum atomic E-state index is 12.4. The molecule has 8 nitrogen and oxygen atoms in total. The fourth-order valence-corrected chi connectivity index (χ4v) is 3.31. The second kappa shape index (κ2) is 9.92. The van der Waals surface area contributed by atoms with Gasteiger partial charge in [-0.05, 0) is 37.6 Å². The smallest absolute Gasteiger partial charge is 0.255 e. The maximum Gasteiger partial charge on any atom is 0.255 e. The van der Waals surface area contributed by atoms with Crippen LogP contribution in [0, 0.1) is 0 Å². The third kappa shape index (κ3) is 6.79. The highest BCUT2D eigenvalue weighted by molar-refractivity contribution is 7.92. The van der Waals surface area contributed by atoms with Crippen molar-refractivity contribution in [1.82, 2.24) is 10.6 Å². The van der Waals surface area contributed by atoms with Crippen LogP contribution in [0.2, 0.25) is 0 Å². The summed E-state index contributed by atoms with van der Waals surface area (Å²) in [7, 11) is -3.45. The number of ether oxygens (including phenoxy) is 1. The van der Waals surface area contributed by atoms with Crippen molar-refractivity contribution in [3.8, 4) is 5.75 Å². The number of hydrogen-bond donors (Lipinski definition) is 3. The highest BCUT2D eigenvalue weighted by Gasteiger charge is 2.17. The lowest BCUT2D eigenvalue weighted by molar-refractivity contribution is -0.120. The summed E-state index contributed by atoms with van der Waals surface area (Å²) in [5.74, 6) is -0.382. The lowest BCUT2D eigenvalue weighted by Crippen LogP contribution is -2.38. The van der Waals surface area contributed by atoms with Gasteiger partial charge in [-0.15, -0.1) is 0 Å². The largest absolute Gasteiger partial charge is 0.493 e. The van der Waals surface area contributed by atoms with E-state index in [4.69, 9.17) is 4.74 Å². The van der Waals surface area contributed by atoms with E-state index in [1.54, 1.807) is 55.5 Å². The molecular formula is C20H25N3O5S. The first-order valence-corrected chi connectivity index (χ1v) is 11.0. The summed E-state index contributed by atoms with van der Waals surface area (Å²) < 4.78 is 30.9. The third-order valence-electron chi connectivity index (χ3n) is 3.94. The molecule has 0 radical (unpaired) electrons. The van der Waals surface area contributed by atoms with Crippen LogP contribution in [0.15, 0.2) is 48.5 Å². The topological polar surface area (TPSA) is 114 Å². The molecule has 0 heterocycles. The fourth-order valence-electron chi connectivity index (χ4n) is 2.73. The van der Waals surface area contributed by atoms with Gasteiger partial charge in [0.25, 0.3) is 5.91 Å². The monoisotopic (exact) mass is 419 g/mol. The van der Waals surface area contributed by atoms with Crippen molar-refractivity contribution in [2.24, 2.45) is 0 Å². The van der Waals surface area contributed by atoms with Gasteiger partial charge < -0.3 is 15.4 Å². The molecule has 3 N–H and O–H groups in total. The molecule has 0 aliphatic heterocycles. The number of sulfonamides is 1. The Hall–Kier alpha value is -3.07. The van der Waals surface area contributed by atoms with Crippen LogP contribution in [0.1, 0.15) is 35.8 Å². The first-order valence-electron chi connectivity index (χ1n) is 9.07. The van der Waals surface area contributed by atoms with Gasteiger partial charge in [-0.2, -0.15) is 0 Å². The Morgan fingerprint density at radius 2 is 1.72 bits per heavy atom. The summed E-state index contributed by atoms with van der Waals surface area (Å²) >= 11 is 0. The van der Waals surface area contributed by atoms with Crippen molar-refractivity contribution >= 4 is 27.5 Å². The molecule has 2 aromatic rings. The minimum Gasteiger partial charge on any atom is -0.493 e. The van der Waals surface area contributed by atoms with E-state index in [0.29, 0.717) is 29.2 Å². The molecule has 0 bridgehead atoms. The molecule has 0 unspecified atom stereocenters. The molecule has 2 rings (SSSR count). The Kier molecular flexibility index (Phi) is 7.60. The van der Waals surface area contributed by atoms with Gasteiger partial charge in [-0.3, -0.25) is 14.3 Å². The average molecular weight is 420 g/mol. The van der Waals surface area contributed by atoms with Crippen LogP contribution in [0.25, 0.3) is 0 Å². The summed E-state index contributed by atoms with van der Waals surface area (Å²) in [6, 6.07) is 13.1. The van der Waals surface area contributed by atoms with Crippen molar-refractivity contribution < 1.29 is 22.7 Å². The summed E-state index contributed by atoms with van der Waals surface area (Å²) in [5.41, 5.74) is 1.34. The first kappa shape index (κ1) is 22.2. The van der Waals surface area contributed by atoms with Crippen molar-refractivity contribution in [3.63, 3.8) is 0 Å². The zero-order chi connectivity index (χ0) is 21.4. The third-order valence-corrected chi connectivity index (χ3v) is 4.53. The van der Waals surface area contributed by atoms with E-state index in [1.807, 2.05) is 6.92 Å². The molecule has 0 aromatic heterocycles. The predicted octanol–water partition coefficient (Wildman–Crippen LogP) is 2.06. The second-order valence-corrected chi connectivity index (χ2v) is 8.11. The molecule has 9 heteroatoms. The van der Waals surface area contributed by atoms with Crippen LogP contribution in [0.5, 0.6) is 5.75 Å². The lowest BCUT2D eigenvalue weighted by Gasteiger charge is -2.18. The maximum absolute atomic E-state index is 12.4. The van der Waals surface area contributed by atoms with Crippen LogP contribution in [0.4, 0.5) is 5.69 Å². The molecule has 29 heavy (non-hydrogen) atoms. The quantitative estimate of drug-likeness (QED) is 0.576. The molecule has 0 aliphatic rings. The number of amides is 2. The van der Waals surface area contributed by atoms with Gasteiger partial charge in [-0.25, -0.2) is 8.42 Å². The van der Waals surface area contributed by atoms with Gasteiger partial charge in [0.2, 0.25) is 15.9 Å². The van der Waals surface area contributed by atoms with Gasteiger partial charge in [0.1, 0.15) is 5.75 Å². The minimum absolute atomic E-state index is 0.231. The van der Waals surface area contributed by atoms with E-state index in [0.717, 1.165) is 6.26 Å². The number of anilines is 1. The molecule has 0 spiro atoms. The Balaban J connectivity index is 1.99. The summed E-state index contributed by atoms with van der Waals surface area (Å²) in [6.07, 6.45) is 1.06. The minimum atomic E-state index is -3.45. The van der Waals surface area contributed by atoms with Gasteiger partial charge in [0, 0.05) is 0 Å². The molecular weight excluding hydrogens is 394 g/mol. The Morgan fingerprint density at radius 1 is 1.07 bits per heavy atom. The van der Waals surface area contributed by atoms with E-state index in [-0.39, 0.29) is 6.54 Å². The Labute approximate surface area is 170 Å². The molecule has 0 aliphatic carbocycles. The Morgan fingerprint density at radius 3 is 2.41 bits per heavy atom. The standard InChI is InChI=1S/C20H25N3O5S/c1-4-28-18-12-8-6-10-16(18)20(25)21-13-19(24)22-14(2)15-9-5-7-11-17(15)23-29(3,26)27/h5-12,14,23H,4,13H2,1-3H3,(H,21,25)(H,22,24)/t14-/m0/s1. The second-order valence-electron chi connectivity index (χ2n) is 6.36. The number of rotatable bonds is 9. The number of para-hydroxylation sites is 2. The number of carbonyl (C=O) groups excluding carboxylic acids is 2. The fraction of sp³-hybridized carbons (Fsp3) is 0.300. The van der Waals surface area contributed by atoms with Crippen molar-refractivity contribution in [2.75, 3.05) is 24.1 Å². The Bertz CT molecular complexity index is 976. The van der Waals surface area contributed by atoms with E-state index in [1.165, 1.54) is 0 Å². The molecule has 2 aromatic carbocycles. The zero-order valence-electron chi connectivity index (χ0n) is 16.6. The highest BCUT2D eigenvalue weighted by atomic mass is 32.2. The first-order chi connectivity index (χ1) is 13.7. The van der Waals surface area contributed by atoms with Gasteiger partial charge in [-0.1, -0.05) is 30.3 Å². The normalized spacial score (nSPS) is 12.0. The number of hydrogen-bond acceptors (Lipinski definition) is 5. The molecule has 0 saturated carbocycles. The zero-order valence-corrected chi connectivity index (χ0v) is 17.4. The van der Waals surface area contributed by atoms with Crippen LogP contribution in [-0.2, 0) is 14.8 Å². The molecule has 0 saturated heterocycles. The van der Waals surface area contributed by atoms with Crippen molar-refractivity contribution in [1.29, 1.82) is 0 Å². The summed E-state index contributed by atoms with van der Waals surface area (Å²) in [4.78, 5) is 24.6. The number of benzene rings is 2. The lowest BCUT2D eigenvalue weighted by atomic mass is 10.1. The van der Waals surface area contributed by atoms with Crippen LogP contribution < -0.4 is 20.1 Å². The SMILES string of the molecule is CCOc1ccccc1C(=O)NCC(=O)N[C@@H](C)c1ccccc1NS(C)(=O)=O. The molecule has 2 amide bonds. The molecule has 1 atom stereocenters.